The number of alkyl halides is 3. The first-order chi connectivity index (χ1) is 10.0. The first-order valence-corrected chi connectivity index (χ1v) is 6.87. The number of ketones is 2. The van der Waals surface area contributed by atoms with Crippen LogP contribution in [0.5, 0.6) is 0 Å². The van der Waals surface area contributed by atoms with E-state index in [4.69, 9.17) is 0 Å². The third kappa shape index (κ3) is 3.26. The number of carbonyl (C=O) groups is 2. The first kappa shape index (κ1) is 16.4. The topological polar surface area (TPSA) is 47.0 Å². The fourth-order valence-electron chi connectivity index (χ4n) is 2.41. The summed E-state index contributed by atoms with van der Waals surface area (Å²) in [5, 5.41) is 0. The molecule has 1 aromatic heterocycles. The highest BCUT2D eigenvalue weighted by Gasteiger charge is 2.34. The third-order valence-corrected chi connectivity index (χ3v) is 3.70. The number of rotatable bonds is 2. The Bertz CT molecular complexity index is 672. The Morgan fingerprint density at radius 3 is 2.45 bits per heavy atom. The Morgan fingerprint density at radius 2 is 1.91 bits per heavy atom. The highest BCUT2D eigenvalue weighted by molar-refractivity contribution is 6.26. The van der Waals surface area contributed by atoms with Gasteiger partial charge in [0.15, 0.2) is 11.6 Å². The molecule has 0 atom stereocenters. The van der Waals surface area contributed by atoms with Crippen LogP contribution >= 0.6 is 0 Å². The number of hydrogen-bond donors (Lipinski definition) is 0. The summed E-state index contributed by atoms with van der Waals surface area (Å²) in [6, 6.07) is 1.85. The van der Waals surface area contributed by atoms with E-state index in [1.807, 2.05) is 13.8 Å². The smallest absolute Gasteiger partial charge is 0.294 e. The molecule has 22 heavy (non-hydrogen) atoms. The van der Waals surface area contributed by atoms with Crippen molar-refractivity contribution in [2.24, 2.45) is 5.41 Å². The Balaban J connectivity index is 2.42. The summed E-state index contributed by atoms with van der Waals surface area (Å²) >= 11 is 0. The number of hydrogen-bond acceptors (Lipinski definition) is 3. The SMILES string of the molecule is Cc1nc(C(F)(F)F)ccc1C(=O)C1=CC(C)(C)CCC1=O. The summed E-state index contributed by atoms with van der Waals surface area (Å²) in [6.45, 7) is 5.15. The summed E-state index contributed by atoms with van der Waals surface area (Å²) in [5.74, 6) is -0.833. The van der Waals surface area contributed by atoms with Gasteiger partial charge in [-0.15, -0.1) is 0 Å². The number of Topliss-reactive ketones (excluding diaryl/α,β-unsaturated/α-hetero) is 2. The van der Waals surface area contributed by atoms with Gasteiger partial charge >= 0.3 is 6.18 Å². The van der Waals surface area contributed by atoms with Gasteiger partial charge in [0.05, 0.1) is 5.57 Å². The van der Waals surface area contributed by atoms with Crippen molar-refractivity contribution in [1.29, 1.82) is 0 Å². The molecule has 0 unspecified atom stereocenters. The standard InChI is InChI=1S/C16H16F3NO2/c1-9-10(4-5-13(20-9)16(17,18)19)14(22)11-8-15(2,3)7-6-12(11)21/h4-5,8H,6-7H2,1-3H3. The maximum Gasteiger partial charge on any atom is 0.433 e. The monoisotopic (exact) mass is 311 g/mol. The molecule has 0 saturated carbocycles. The van der Waals surface area contributed by atoms with Gasteiger partial charge < -0.3 is 0 Å². The van der Waals surface area contributed by atoms with Gasteiger partial charge in [0.25, 0.3) is 0 Å². The molecule has 118 valence electrons. The number of aryl methyl sites for hydroxylation is 1. The number of halogens is 3. The molecule has 0 spiro atoms. The largest absolute Gasteiger partial charge is 0.433 e. The predicted molar refractivity (Wildman–Crippen MR) is 74.4 cm³/mol. The number of carbonyl (C=O) groups excluding carboxylic acids is 2. The average molecular weight is 311 g/mol. The number of allylic oxidation sites excluding steroid dienone is 2. The minimum absolute atomic E-state index is 0.0306. The highest BCUT2D eigenvalue weighted by atomic mass is 19.4. The average Bonchev–Trinajstić information content (AvgIpc) is 2.39. The molecule has 2 rings (SSSR count). The van der Waals surface area contributed by atoms with E-state index in [-0.39, 0.29) is 34.4 Å². The van der Waals surface area contributed by atoms with Gasteiger partial charge in [0.1, 0.15) is 5.69 Å². The number of aromatic nitrogens is 1. The van der Waals surface area contributed by atoms with E-state index in [1.54, 1.807) is 6.08 Å². The van der Waals surface area contributed by atoms with E-state index in [9.17, 15) is 22.8 Å². The van der Waals surface area contributed by atoms with Crippen LogP contribution in [0, 0.1) is 12.3 Å². The van der Waals surface area contributed by atoms with Crippen LogP contribution in [-0.4, -0.2) is 16.6 Å². The number of pyridine rings is 1. The van der Waals surface area contributed by atoms with Gasteiger partial charge in [-0.25, -0.2) is 4.98 Å². The molecule has 0 radical (unpaired) electrons. The van der Waals surface area contributed by atoms with E-state index in [1.165, 1.54) is 6.92 Å². The van der Waals surface area contributed by atoms with Crippen LogP contribution in [0.2, 0.25) is 0 Å². The second-order valence-electron chi connectivity index (χ2n) is 6.13. The fourth-order valence-corrected chi connectivity index (χ4v) is 2.41. The molecule has 0 saturated heterocycles. The lowest BCUT2D eigenvalue weighted by molar-refractivity contribution is -0.141. The van der Waals surface area contributed by atoms with Crippen LogP contribution in [0.3, 0.4) is 0 Å². The maximum atomic E-state index is 12.6. The van der Waals surface area contributed by atoms with E-state index in [2.05, 4.69) is 4.98 Å². The first-order valence-electron chi connectivity index (χ1n) is 6.87. The van der Waals surface area contributed by atoms with Gasteiger partial charge in [-0.05, 0) is 30.9 Å². The molecule has 0 aliphatic heterocycles. The zero-order valence-electron chi connectivity index (χ0n) is 12.5. The van der Waals surface area contributed by atoms with Gasteiger partial charge in [-0.3, -0.25) is 9.59 Å². The minimum atomic E-state index is -4.56. The van der Waals surface area contributed by atoms with Crippen molar-refractivity contribution in [3.05, 3.63) is 40.7 Å². The highest BCUT2D eigenvalue weighted by Crippen LogP contribution is 2.33. The Hall–Kier alpha value is -1.98. The third-order valence-electron chi connectivity index (χ3n) is 3.70. The van der Waals surface area contributed by atoms with Crippen LogP contribution < -0.4 is 0 Å². The molecule has 0 amide bonds. The molecule has 6 heteroatoms. The minimum Gasteiger partial charge on any atom is -0.294 e. The van der Waals surface area contributed by atoms with Crippen molar-refractivity contribution in [2.75, 3.05) is 0 Å². The lowest BCUT2D eigenvalue weighted by Crippen LogP contribution is -2.25. The summed E-state index contributed by atoms with van der Waals surface area (Å²) < 4.78 is 37.8. The van der Waals surface area contributed by atoms with Crippen LogP contribution in [0.25, 0.3) is 0 Å². The molecule has 0 bridgehead atoms. The van der Waals surface area contributed by atoms with E-state index >= 15 is 0 Å². The van der Waals surface area contributed by atoms with Crippen molar-refractivity contribution in [3.63, 3.8) is 0 Å². The van der Waals surface area contributed by atoms with Crippen LogP contribution in [-0.2, 0) is 11.0 Å². The van der Waals surface area contributed by atoms with Crippen LogP contribution in [0.1, 0.15) is 48.4 Å². The van der Waals surface area contributed by atoms with Crippen LogP contribution in [0.15, 0.2) is 23.8 Å². The summed E-state index contributed by atoms with van der Waals surface area (Å²) in [5.41, 5.74) is -1.29. The van der Waals surface area contributed by atoms with E-state index in [0.29, 0.717) is 6.42 Å². The van der Waals surface area contributed by atoms with Gasteiger partial charge in [0.2, 0.25) is 0 Å². The van der Waals surface area contributed by atoms with Gasteiger partial charge in [-0.2, -0.15) is 13.2 Å². The van der Waals surface area contributed by atoms with Crippen LogP contribution in [0.4, 0.5) is 13.2 Å². The molecule has 1 aromatic rings. The normalized spacial score (nSPS) is 18.1. The maximum absolute atomic E-state index is 12.6. The van der Waals surface area contributed by atoms with E-state index < -0.39 is 17.7 Å². The molecule has 1 heterocycles. The molecule has 0 N–H and O–H groups in total. The fraction of sp³-hybridized carbons (Fsp3) is 0.438. The summed E-state index contributed by atoms with van der Waals surface area (Å²) in [7, 11) is 0. The summed E-state index contributed by atoms with van der Waals surface area (Å²) in [6.07, 6.45) is -2.04. The quantitative estimate of drug-likeness (QED) is 0.614. The molecule has 1 aliphatic rings. The molecular formula is C16H16F3NO2. The summed E-state index contributed by atoms with van der Waals surface area (Å²) in [4.78, 5) is 27.9. The second kappa shape index (κ2) is 5.34. The molecule has 1 aliphatic carbocycles. The Kier molecular flexibility index (Phi) is 3.98. The van der Waals surface area contributed by atoms with Crippen molar-refractivity contribution in [3.8, 4) is 0 Å². The Morgan fingerprint density at radius 1 is 1.27 bits per heavy atom. The Labute approximate surface area is 126 Å². The lowest BCUT2D eigenvalue weighted by Gasteiger charge is -2.26. The predicted octanol–water partition coefficient (Wildman–Crippen LogP) is 3.91. The zero-order valence-corrected chi connectivity index (χ0v) is 12.5. The van der Waals surface area contributed by atoms with Crippen molar-refractivity contribution >= 4 is 11.6 Å². The van der Waals surface area contributed by atoms with Crippen molar-refractivity contribution in [2.45, 2.75) is 39.8 Å². The number of nitrogens with zero attached hydrogens (tertiary/aromatic N) is 1. The lowest BCUT2D eigenvalue weighted by atomic mass is 9.77. The second-order valence-corrected chi connectivity index (χ2v) is 6.13. The molecule has 0 fully saturated rings. The molecular weight excluding hydrogens is 295 g/mol. The van der Waals surface area contributed by atoms with Gasteiger partial charge in [-0.1, -0.05) is 19.9 Å². The van der Waals surface area contributed by atoms with E-state index in [0.717, 1.165) is 12.1 Å². The molecule has 0 aromatic carbocycles. The van der Waals surface area contributed by atoms with Crippen molar-refractivity contribution in [1.82, 2.24) is 4.98 Å². The zero-order chi connectivity index (χ0) is 16.7. The van der Waals surface area contributed by atoms with Crippen molar-refractivity contribution < 1.29 is 22.8 Å². The van der Waals surface area contributed by atoms with Gasteiger partial charge in [0, 0.05) is 17.7 Å². The molecule has 3 nitrogen and oxygen atoms in total.